The van der Waals surface area contributed by atoms with Gasteiger partial charge in [0, 0.05) is 11.3 Å². The van der Waals surface area contributed by atoms with Crippen molar-refractivity contribution in [3.63, 3.8) is 0 Å². The van der Waals surface area contributed by atoms with Gasteiger partial charge >= 0.3 is 0 Å². The van der Waals surface area contributed by atoms with E-state index in [4.69, 9.17) is 5.73 Å². The molecule has 1 rings (SSSR count). The first-order chi connectivity index (χ1) is 5.83. The Morgan fingerprint density at radius 2 is 2.08 bits per heavy atom. The third-order valence-electron chi connectivity index (χ3n) is 2.50. The molecule has 0 spiro atoms. The molecule has 1 heterocycles. The van der Waals surface area contributed by atoms with Gasteiger partial charge in [0.25, 0.3) is 0 Å². The van der Waals surface area contributed by atoms with Crippen LogP contribution in [0.25, 0.3) is 0 Å². The van der Waals surface area contributed by atoms with Gasteiger partial charge in [-0.3, -0.25) is 0 Å². The average Bonchev–Trinajstić information content (AvgIpc) is 2.16. The zero-order chi connectivity index (χ0) is 8.86. The van der Waals surface area contributed by atoms with Gasteiger partial charge in [0.1, 0.15) is 0 Å². The smallest absolute Gasteiger partial charge is 0.0306 e. The fourth-order valence-corrected chi connectivity index (χ4v) is 2.86. The molecule has 0 unspecified atom stereocenters. The molecule has 0 atom stereocenters. The Labute approximate surface area is 79.7 Å². The first kappa shape index (κ1) is 10.4. The number of thioether (sulfide) groups is 1. The number of rotatable bonds is 4. The molecule has 1 fully saturated rings. The predicted molar refractivity (Wildman–Crippen MR) is 56.6 cm³/mol. The fourth-order valence-electron chi connectivity index (χ4n) is 1.61. The van der Waals surface area contributed by atoms with Crippen molar-refractivity contribution < 1.29 is 0 Å². The summed E-state index contributed by atoms with van der Waals surface area (Å²) in [6.45, 7) is 5.37. The van der Waals surface area contributed by atoms with Gasteiger partial charge in [0.05, 0.1) is 0 Å². The lowest BCUT2D eigenvalue weighted by Crippen LogP contribution is -2.44. The van der Waals surface area contributed by atoms with E-state index in [0.717, 1.165) is 19.6 Å². The van der Waals surface area contributed by atoms with Crippen molar-refractivity contribution in [3.8, 4) is 0 Å². The minimum Gasteiger partial charge on any atom is -0.329 e. The van der Waals surface area contributed by atoms with Crippen LogP contribution >= 0.6 is 11.8 Å². The number of nitrogens with two attached hydrogens (primary N) is 1. The number of hydrogen-bond acceptors (Lipinski definition) is 3. The van der Waals surface area contributed by atoms with Gasteiger partial charge in [-0.25, -0.2) is 0 Å². The highest BCUT2D eigenvalue weighted by Gasteiger charge is 2.30. The highest BCUT2D eigenvalue weighted by molar-refractivity contribution is 8.00. The fraction of sp³-hybridized carbons (Fsp3) is 1.00. The first-order valence-corrected chi connectivity index (χ1v) is 5.86. The molecule has 2 nitrogen and oxygen atoms in total. The molecule has 3 N–H and O–H groups in total. The lowest BCUT2D eigenvalue weighted by atomic mass is 9.97. The Morgan fingerprint density at radius 1 is 1.42 bits per heavy atom. The van der Waals surface area contributed by atoms with Crippen molar-refractivity contribution >= 4 is 11.8 Å². The quantitative estimate of drug-likeness (QED) is 0.696. The second kappa shape index (κ2) is 5.10. The topological polar surface area (TPSA) is 38.0 Å². The average molecular weight is 188 g/mol. The van der Waals surface area contributed by atoms with E-state index in [9.17, 15) is 0 Å². The van der Waals surface area contributed by atoms with Gasteiger partial charge in [-0.1, -0.05) is 6.92 Å². The van der Waals surface area contributed by atoms with Crippen LogP contribution in [-0.4, -0.2) is 30.1 Å². The van der Waals surface area contributed by atoms with E-state index in [-0.39, 0.29) is 0 Å². The molecule has 0 radical (unpaired) electrons. The molecule has 1 aliphatic heterocycles. The van der Waals surface area contributed by atoms with E-state index in [1.807, 2.05) is 0 Å². The van der Waals surface area contributed by atoms with E-state index in [1.54, 1.807) is 0 Å². The molecule has 3 heteroatoms. The van der Waals surface area contributed by atoms with Crippen LogP contribution in [0.1, 0.15) is 26.2 Å². The predicted octanol–water partition coefficient (Wildman–Crippen LogP) is 1.21. The van der Waals surface area contributed by atoms with E-state index in [1.165, 1.54) is 25.0 Å². The summed E-state index contributed by atoms with van der Waals surface area (Å²) in [6, 6.07) is 0. The molecule has 1 saturated heterocycles. The highest BCUT2D eigenvalue weighted by atomic mass is 32.2. The molecular formula is C9H20N2S. The summed E-state index contributed by atoms with van der Waals surface area (Å²) in [5, 5.41) is 3.38. The molecule has 0 bridgehead atoms. The zero-order valence-electron chi connectivity index (χ0n) is 7.94. The Balaban J connectivity index is 2.37. The number of piperidine rings is 1. The van der Waals surface area contributed by atoms with Gasteiger partial charge in [0.2, 0.25) is 0 Å². The van der Waals surface area contributed by atoms with Crippen LogP contribution < -0.4 is 11.1 Å². The number of nitrogens with one attached hydrogen (secondary N) is 1. The molecule has 0 aliphatic carbocycles. The molecule has 12 heavy (non-hydrogen) atoms. The minimum absolute atomic E-state index is 0.404. The van der Waals surface area contributed by atoms with Crippen LogP contribution in [0.5, 0.6) is 0 Å². The Morgan fingerprint density at radius 3 is 2.58 bits per heavy atom. The molecule has 72 valence electrons. The van der Waals surface area contributed by atoms with E-state index in [2.05, 4.69) is 24.0 Å². The van der Waals surface area contributed by atoms with Crippen molar-refractivity contribution in [2.75, 3.05) is 25.4 Å². The van der Waals surface area contributed by atoms with Crippen LogP contribution in [0.2, 0.25) is 0 Å². The largest absolute Gasteiger partial charge is 0.329 e. The van der Waals surface area contributed by atoms with Crippen molar-refractivity contribution in [1.29, 1.82) is 0 Å². The summed E-state index contributed by atoms with van der Waals surface area (Å²) in [5.41, 5.74) is 5.83. The standard InChI is InChI=1S/C9H20N2S/c1-2-7-12-9(8-10)3-5-11-6-4-9/h11H,2-8,10H2,1H3. The Hall–Kier alpha value is 0.270. The zero-order valence-corrected chi connectivity index (χ0v) is 8.75. The van der Waals surface area contributed by atoms with E-state index >= 15 is 0 Å². The third kappa shape index (κ3) is 2.64. The molecular weight excluding hydrogens is 168 g/mol. The first-order valence-electron chi connectivity index (χ1n) is 4.88. The van der Waals surface area contributed by atoms with Gasteiger partial charge in [-0.2, -0.15) is 11.8 Å². The maximum absolute atomic E-state index is 5.83. The number of hydrogen-bond donors (Lipinski definition) is 2. The Bertz CT molecular complexity index is 122. The van der Waals surface area contributed by atoms with Crippen LogP contribution in [-0.2, 0) is 0 Å². The van der Waals surface area contributed by atoms with E-state index < -0.39 is 0 Å². The minimum atomic E-state index is 0.404. The van der Waals surface area contributed by atoms with Crippen LogP contribution in [0.4, 0.5) is 0 Å². The van der Waals surface area contributed by atoms with Crippen molar-refractivity contribution in [1.82, 2.24) is 5.32 Å². The monoisotopic (exact) mass is 188 g/mol. The van der Waals surface area contributed by atoms with Crippen molar-refractivity contribution in [3.05, 3.63) is 0 Å². The second-order valence-electron chi connectivity index (χ2n) is 3.49. The SMILES string of the molecule is CCCSC1(CN)CCNCC1. The lowest BCUT2D eigenvalue weighted by molar-refractivity contribution is 0.420. The lowest BCUT2D eigenvalue weighted by Gasteiger charge is -2.36. The maximum Gasteiger partial charge on any atom is 0.0306 e. The van der Waals surface area contributed by atoms with Crippen LogP contribution in [0, 0.1) is 0 Å². The normalized spacial score (nSPS) is 22.5. The molecule has 0 aromatic rings. The molecule has 0 amide bonds. The van der Waals surface area contributed by atoms with Crippen LogP contribution in [0.3, 0.4) is 0 Å². The summed E-state index contributed by atoms with van der Waals surface area (Å²) in [4.78, 5) is 0. The summed E-state index contributed by atoms with van der Waals surface area (Å²) < 4.78 is 0.404. The summed E-state index contributed by atoms with van der Waals surface area (Å²) >= 11 is 2.08. The van der Waals surface area contributed by atoms with Crippen molar-refractivity contribution in [2.45, 2.75) is 30.9 Å². The van der Waals surface area contributed by atoms with Gasteiger partial charge in [-0.05, 0) is 38.1 Å². The molecule has 0 saturated carbocycles. The third-order valence-corrected chi connectivity index (χ3v) is 4.30. The van der Waals surface area contributed by atoms with Crippen molar-refractivity contribution in [2.24, 2.45) is 5.73 Å². The highest BCUT2D eigenvalue weighted by Crippen LogP contribution is 2.33. The van der Waals surface area contributed by atoms with Gasteiger partial charge < -0.3 is 11.1 Å². The molecule has 0 aromatic carbocycles. The van der Waals surface area contributed by atoms with Crippen LogP contribution in [0.15, 0.2) is 0 Å². The molecule has 0 aromatic heterocycles. The Kier molecular flexibility index (Phi) is 4.40. The van der Waals surface area contributed by atoms with Gasteiger partial charge in [0.15, 0.2) is 0 Å². The van der Waals surface area contributed by atoms with Gasteiger partial charge in [-0.15, -0.1) is 0 Å². The summed E-state index contributed by atoms with van der Waals surface area (Å²) in [6.07, 6.45) is 3.75. The van der Waals surface area contributed by atoms with E-state index in [0.29, 0.717) is 4.75 Å². The maximum atomic E-state index is 5.83. The summed E-state index contributed by atoms with van der Waals surface area (Å²) in [7, 11) is 0. The second-order valence-corrected chi connectivity index (χ2v) is 5.05. The summed E-state index contributed by atoms with van der Waals surface area (Å²) in [5.74, 6) is 1.26. The molecule has 1 aliphatic rings.